The molecule has 39 heavy (non-hydrogen) atoms. The third kappa shape index (κ3) is 10.2. The predicted molar refractivity (Wildman–Crippen MR) is 151 cm³/mol. The number of hydrogen-bond donors (Lipinski definition) is 1. The molecular weight excluding hydrogens is 498 g/mol. The van der Waals surface area contributed by atoms with Crippen LogP contribution in [0.15, 0.2) is 12.4 Å². The fourth-order valence-corrected chi connectivity index (χ4v) is 4.44. The molecular formula is C29H49N5O5. The van der Waals surface area contributed by atoms with Crippen molar-refractivity contribution in [3.05, 3.63) is 12.4 Å². The van der Waals surface area contributed by atoms with E-state index in [9.17, 15) is 9.59 Å². The molecule has 0 bridgehead atoms. The summed E-state index contributed by atoms with van der Waals surface area (Å²) in [5.74, 6) is 2.01. The Hall–Kier alpha value is -2.46. The molecule has 0 spiro atoms. The summed E-state index contributed by atoms with van der Waals surface area (Å²) in [6.07, 6.45) is 10.4. The van der Waals surface area contributed by atoms with E-state index in [1.807, 2.05) is 20.9 Å². The van der Waals surface area contributed by atoms with E-state index in [1.54, 1.807) is 22.2 Å². The topological polar surface area (TPSA) is 106 Å². The van der Waals surface area contributed by atoms with E-state index in [2.05, 4.69) is 29.1 Å². The van der Waals surface area contributed by atoms with Gasteiger partial charge in [0.15, 0.2) is 5.82 Å². The highest BCUT2D eigenvalue weighted by Gasteiger charge is 2.43. The Balaban J connectivity index is 0.000000520. The first-order chi connectivity index (χ1) is 18.8. The van der Waals surface area contributed by atoms with Crippen molar-refractivity contribution in [2.24, 2.45) is 11.8 Å². The minimum absolute atomic E-state index is 0.0530. The van der Waals surface area contributed by atoms with Crippen LogP contribution in [0.1, 0.15) is 79.1 Å². The number of anilines is 1. The van der Waals surface area contributed by atoms with E-state index in [0.29, 0.717) is 62.2 Å². The number of carbonyl (C=O) groups excluding carboxylic acids is 2. The predicted octanol–water partition coefficient (Wildman–Crippen LogP) is 4.43. The largest absolute Gasteiger partial charge is 0.476 e. The van der Waals surface area contributed by atoms with Crippen LogP contribution in [-0.2, 0) is 14.3 Å². The molecule has 1 aliphatic carbocycles. The van der Waals surface area contributed by atoms with Gasteiger partial charge in [0.2, 0.25) is 11.8 Å². The lowest BCUT2D eigenvalue weighted by molar-refractivity contribution is -0.118. The average Bonchev–Trinajstić information content (AvgIpc) is 3.44. The van der Waals surface area contributed by atoms with Gasteiger partial charge in [-0.1, -0.05) is 27.2 Å². The van der Waals surface area contributed by atoms with Gasteiger partial charge in [-0.25, -0.2) is 14.8 Å². The summed E-state index contributed by atoms with van der Waals surface area (Å²) in [5, 5.41) is 3.14. The molecule has 4 rings (SSSR count). The normalized spacial score (nSPS) is 20.9. The Morgan fingerprint density at radius 1 is 1.21 bits per heavy atom. The highest BCUT2D eigenvalue weighted by Crippen LogP contribution is 2.39. The zero-order valence-electron chi connectivity index (χ0n) is 24.6. The van der Waals surface area contributed by atoms with Crippen LogP contribution in [0.2, 0.25) is 0 Å². The maximum atomic E-state index is 12.4. The molecule has 0 radical (unpaired) electrons. The molecule has 3 heterocycles. The van der Waals surface area contributed by atoms with E-state index in [-0.39, 0.29) is 17.6 Å². The highest BCUT2D eigenvalue weighted by atomic mass is 16.6. The summed E-state index contributed by atoms with van der Waals surface area (Å²) in [6.45, 7) is 12.6. The SMILES string of the molecule is CCC(=O)N(CCC(C)CC)c1cnc(OCC2CCN(C(=O)OC3(C)CC3)CC2)cn1.CNC1CCOC1. The number of carbonyl (C=O) groups is 2. The van der Waals surface area contributed by atoms with Crippen LogP contribution < -0.4 is 15.0 Å². The second-order valence-corrected chi connectivity index (χ2v) is 11.3. The van der Waals surface area contributed by atoms with Gasteiger partial charge in [-0.15, -0.1) is 0 Å². The zero-order chi connectivity index (χ0) is 28.3. The number of aromatic nitrogens is 2. The summed E-state index contributed by atoms with van der Waals surface area (Å²) in [5.41, 5.74) is -0.229. The minimum atomic E-state index is -0.229. The lowest BCUT2D eigenvalue weighted by Gasteiger charge is -2.31. The van der Waals surface area contributed by atoms with Crippen molar-refractivity contribution in [2.45, 2.75) is 90.7 Å². The van der Waals surface area contributed by atoms with Crippen molar-refractivity contribution in [3.8, 4) is 5.88 Å². The molecule has 1 aromatic rings. The lowest BCUT2D eigenvalue weighted by atomic mass is 9.98. The van der Waals surface area contributed by atoms with Crippen molar-refractivity contribution >= 4 is 17.8 Å². The van der Waals surface area contributed by atoms with Crippen LogP contribution in [-0.4, -0.2) is 85.0 Å². The molecule has 1 N–H and O–H groups in total. The van der Waals surface area contributed by atoms with Crippen LogP contribution >= 0.6 is 0 Å². The number of amides is 2. The van der Waals surface area contributed by atoms with Gasteiger partial charge in [0, 0.05) is 38.7 Å². The molecule has 10 heteroatoms. The summed E-state index contributed by atoms with van der Waals surface area (Å²) < 4.78 is 16.5. The first-order valence-corrected chi connectivity index (χ1v) is 14.7. The number of nitrogens with zero attached hydrogens (tertiary/aromatic N) is 4. The van der Waals surface area contributed by atoms with Crippen molar-refractivity contribution < 1.29 is 23.8 Å². The highest BCUT2D eigenvalue weighted by molar-refractivity contribution is 5.91. The summed E-state index contributed by atoms with van der Waals surface area (Å²) in [6, 6.07) is 0.625. The van der Waals surface area contributed by atoms with Gasteiger partial charge in [-0.2, -0.15) is 0 Å². The second kappa shape index (κ2) is 15.4. The van der Waals surface area contributed by atoms with Gasteiger partial charge >= 0.3 is 6.09 Å². The summed E-state index contributed by atoms with van der Waals surface area (Å²) in [4.78, 5) is 36.9. The van der Waals surface area contributed by atoms with E-state index >= 15 is 0 Å². The zero-order valence-corrected chi connectivity index (χ0v) is 24.6. The van der Waals surface area contributed by atoms with E-state index in [0.717, 1.165) is 51.7 Å². The lowest BCUT2D eigenvalue weighted by Crippen LogP contribution is -2.41. The molecule has 2 atom stereocenters. The number of nitrogens with one attached hydrogen (secondary N) is 1. The minimum Gasteiger partial charge on any atom is -0.476 e. The third-order valence-corrected chi connectivity index (χ3v) is 8.00. The quantitative estimate of drug-likeness (QED) is 0.434. The second-order valence-electron chi connectivity index (χ2n) is 11.3. The fraction of sp³-hybridized carbons (Fsp3) is 0.793. The average molecular weight is 548 g/mol. The number of hydrogen-bond acceptors (Lipinski definition) is 8. The molecule has 0 aromatic carbocycles. The Kier molecular flexibility index (Phi) is 12.2. The van der Waals surface area contributed by atoms with Crippen molar-refractivity contribution in [1.29, 1.82) is 0 Å². The van der Waals surface area contributed by atoms with Crippen LogP contribution in [0, 0.1) is 11.8 Å². The molecule has 1 saturated carbocycles. The fourth-order valence-electron chi connectivity index (χ4n) is 4.44. The Bertz CT molecular complexity index is 881. The smallest absolute Gasteiger partial charge is 0.410 e. The molecule has 2 amide bonds. The Morgan fingerprint density at radius 2 is 1.95 bits per heavy atom. The standard InChI is InChI=1S/C24H38N4O4.C5H11NO/c1-5-18(3)7-14-28(22(29)6-2)20-15-26-21(16-25-20)31-17-19-8-12-27(13-9-19)23(30)32-24(4)10-11-24;1-6-5-2-3-7-4-5/h15-16,18-19H,5-14,17H2,1-4H3;5-6H,2-4H2,1H3. The van der Waals surface area contributed by atoms with E-state index in [4.69, 9.17) is 14.2 Å². The van der Waals surface area contributed by atoms with Crippen LogP contribution in [0.25, 0.3) is 0 Å². The van der Waals surface area contributed by atoms with Crippen LogP contribution in [0.4, 0.5) is 10.6 Å². The van der Waals surface area contributed by atoms with Crippen LogP contribution in [0.3, 0.4) is 0 Å². The monoisotopic (exact) mass is 547 g/mol. The van der Waals surface area contributed by atoms with Crippen molar-refractivity contribution in [3.63, 3.8) is 0 Å². The maximum absolute atomic E-state index is 12.4. The van der Waals surface area contributed by atoms with Crippen LogP contribution in [0.5, 0.6) is 5.88 Å². The Labute approximate surface area is 234 Å². The van der Waals surface area contributed by atoms with Gasteiger partial charge in [-0.05, 0) is 64.3 Å². The molecule has 3 aliphatic rings. The molecule has 2 aliphatic heterocycles. The Morgan fingerprint density at radius 3 is 2.46 bits per heavy atom. The number of rotatable bonds is 11. The van der Waals surface area contributed by atoms with E-state index in [1.165, 1.54) is 6.42 Å². The first kappa shape index (κ1) is 31.1. The number of piperidine rings is 1. The summed E-state index contributed by atoms with van der Waals surface area (Å²) in [7, 11) is 1.97. The maximum Gasteiger partial charge on any atom is 0.410 e. The van der Waals surface area contributed by atoms with E-state index < -0.39 is 0 Å². The third-order valence-electron chi connectivity index (χ3n) is 8.00. The molecule has 10 nitrogen and oxygen atoms in total. The van der Waals surface area contributed by atoms with Gasteiger partial charge in [-0.3, -0.25) is 9.69 Å². The van der Waals surface area contributed by atoms with Gasteiger partial charge in [0.1, 0.15) is 5.60 Å². The van der Waals surface area contributed by atoms with Crippen molar-refractivity contribution in [2.75, 3.05) is 51.4 Å². The first-order valence-electron chi connectivity index (χ1n) is 14.7. The molecule has 2 saturated heterocycles. The molecule has 2 unspecified atom stereocenters. The van der Waals surface area contributed by atoms with Gasteiger partial charge in [0.25, 0.3) is 0 Å². The summed E-state index contributed by atoms with van der Waals surface area (Å²) >= 11 is 0. The van der Waals surface area contributed by atoms with Crippen molar-refractivity contribution in [1.82, 2.24) is 20.2 Å². The number of ether oxygens (including phenoxy) is 3. The number of likely N-dealkylation sites (N-methyl/N-ethyl adjacent to an activating group) is 1. The van der Waals surface area contributed by atoms with Gasteiger partial charge < -0.3 is 24.4 Å². The van der Waals surface area contributed by atoms with Gasteiger partial charge in [0.05, 0.1) is 25.6 Å². The molecule has 220 valence electrons. The molecule has 3 fully saturated rings. The number of likely N-dealkylation sites (tertiary alicyclic amines) is 1. The molecule has 1 aromatic heterocycles.